The molecule has 1 amide bonds. The van der Waals surface area contributed by atoms with Gasteiger partial charge in [0.05, 0.1) is 17.4 Å². The lowest BCUT2D eigenvalue weighted by Crippen LogP contribution is -2.46. The smallest absolute Gasteiger partial charge is 0.257 e. The number of nitrogens with zero attached hydrogens (tertiary/aromatic N) is 3. The van der Waals surface area contributed by atoms with Gasteiger partial charge < -0.3 is 15.1 Å². The molecule has 0 radical (unpaired) electrons. The van der Waals surface area contributed by atoms with Gasteiger partial charge in [0.25, 0.3) is 5.91 Å². The average Bonchev–Trinajstić information content (AvgIpc) is 2.74. The Bertz CT molecular complexity index is 759. The van der Waals surface area contributed by atoms with Crippen molar-refractivity contribution in [1.29, 1.82) is 0 Å². The molecule has 27 heavy (non-hydrogen) atoms. The fourth-order valence-electron chi connectivity index (χ4n) is 3.64. The van der Waals surface area contributed by atoms with E-state index in [1.54, 1.807) is 6.20 Å². The quantitative estimate of drug-likeness (QED) is 0.849. The Morgan fingerprint density at radius 2 is 1.70 bits per heavy atom. The number of pyridine rings is 1. The zero-order chi connectivity index (χ0) is 19.2. The molecule has 1 fully saturated rings. The molecule has 1 aliphatic rings. The predicted molar refractivity (Wildman–Crippen MR) is 112 cm³/mol. The van der Waals surface area contributed by atoms with E-state index in [1.807, 2.05) is 12.3 Å². The predicted octanol–water partition coefficient (Wildman–Crippen LogP) is 3.60. The number of para-hydroxylation sites is 1. The number of benzene rings is 1. The van der Waals surface area contributed by atoms with E-state index in [9.17, 15) is 4.79 Å². The number of hydrogen-bond acceptors (Lipinski definition) is 4. The largest absolute Gasteiger partial charge is 0.368 e. The molecule has 5 nitrogen and oxygen atoms in total. The van der Waals surface area contributed by atoms with E-state index >= 15 is 0 Å². The first-order valence-electron chi connectivity index (χ1n) is 10.0. The van der Waals surface area contributed by atoms with Crippen LogP contribution >= 0.6 is 0 Å². The van der Waals surface area contributed by atoms with Gasteiger partial charge >= 0.3 is 0 Å². The molecule has 2 aromatic rings. The second kappa shape index (κ2) is 9.00. The van der Waals surface area contributed by atoms with Gasteiger partial charge in [-0.25, -0.2) is 0 Å². The van der Waals surface area contributed by atoms with E-state index < -0.39 is 0 Å². The summed E-state index contributed by atoms with van der Waals surface area (Å²) in [7, 11) is 0. The number of aromatic nitrogens is 1. The summed E-state index contributed by atoms with van der Waals surface area (Å²) in [6.07, 6.45) is 5.30. The van der Waals surface area contributed by atoms with Crippen LogP contribution in [0.15, 0.2) is 36.7 Å². The number of carbonyl (C=O) groups is 1. The fourth-order valence-corrected chi connectivity index (χ4v) is 3.64. The molecule has 0 saturated carbocycles. The lowest BCUT2D eigenvalue weighted by atomic mass is 10.0. The van der Waals surface area contributed by atoms with Crippen LogP contribution in [-0.2, 0) is 12.8 Å². The number of likely N-dealkylation sites (N-methyl/N-ethyl adjacent to an activating group) is 1. The van der Waals surface area contributed by atoms with Crippen LogP contribution in [0.1, 0.15) is 42.3 Å². The summed E-state index contributed by atoms with van der Waals surface area (Å²) >= 11 is 0. The number of aryl methyl sites for hydroxylation is 2. The first-order valence-corrected chi connectivity index (χ1v) is 10.0. The Morgan fingerprint density at radius 1 is 1.04 bits per heavy atom. The molecule has 1 aliphatic heterocycles. The summed E-state index contributed by atoms with van der Waals surface area (Å²) in [6, 6.07) is 8.18. The molecule has 0 unspecified atom stereocenters. The Morgan fingerprint density at radius 3 is 2.30 bits per heavy atom. The maximum Gasteiger partial charge on any atom is 0.257 e. The molecular weight excluding hydrogens is 336 g/mol. The Balaban J connectivity index is 1.77. The van der Waals surface area contributed by atoms with E-state index in [0.717, 1.165) is 56.9 Å². The van der Waals surface area contributed by atoms with E-state index in [-0.39, 0.29) is 5.91 Å². The summed E-state index contributed by atoms with van der Waals surface area (Å²) < 4.78 is 0. The summed E-state index contributed by atoms with van der Waals surface area (Å²) in [4.78, 5) is 22.0. The molecule has 1 saturated heterocycles. The van der Waals surface area contributed by atoms with E-state index in [4.69, 9.17) is 0 Å². The number of nitrogens with one attached hydrogen (secondary N) is 1. The first-order chi connectivity index (χ1) is 13.2. The summed E-state index contributed by atoms with van der Waals surface area (Å²) in [5, 5.41) is 3.14. The van der Waals surface area contributed by atoms with Crippen LogP contribution in [-0.4, -0.2) is 48.5 Å². The van der Waals surface area contributed by atoms with Crippen molar-refractivity contribution in [2.45, 2.75) is 33.6 Å². The second-order valence-electron chi connectivity index (χ2n) is 6.97. The van der Waals surface area contributed by atoms with Crippen LogP contribution in [0.2, 0.25) is 0 Å². The molecule has 1 aromatic heterocycles. The maximum atomic E-state index is 12.9. The SMILES string of the molecule is CCc1cccc(CC)c1NC(=O)c1cncc(N2CCN(CC)CC2)c1. The fraction of sp³-hybridized carbons (Fsp3) is 0.455. The number of anilines is 2. The van der Waals surface area contributed by atoms with Crippen molar-refractivity contribution in [1.82, 2.24) is 9.88 Å². The monoisotopic (exact) mass is 366 g/mol. The molecule has 3 rings (SSSR count). The third kappa shape index (κ3) is 4.48. The number of hydrogen-bond donors (Lipinski definition) is 1. The number of carbonyl (C=O) groups excluding carboxylic acids is 1. The highest BCUT2D eigenvalue weighted by atomic mass is 16.1. The highest BCUT2D eigenvalue weighted by Gasteiger charge is 2.18. The molecule has 144 valence electrons. The standard InChI is InChI=1S/C22H30N4O/c1-4-17-8-7-9-18(5-2)21(17)24-22(27)19-14-20(16-23-15-19)26-12-10-25(6-3)11-13-26/h7-9,14-16H,4-6,10-13H2,1-3H3,(H,24,27). The van der Waals surface area contributed by atoms with Crippen molar-refractivity contribution >= 4 is 17.3 Å². The van der Waals surface area contributed by atoms with Crippen molar-refractivity contribution in [3.8, 4) is 0 Å². The highest BCUT2D eigenvalue weighted by Crippen LogP contribution is 2.24. The molecule has 1 N–H and O–H groups in total. The zero-order valence-corrected chi connectivity index (χ0v) is 16.7. The van der Waals surface area contributed by atoms with Crippen molar-refractivity contribution in [2.24, 2.45) is 0 Å². The molecule has 1 aromatic carbocycles. The lowest BCUT2D eigenvalue weighted by molar-refractivity contribution is 0.102. The van der Waals surface area contributed by atoms with E-state index in [1.165, 1.54) is 11.1 Å². The molecule has 0 spiro atoms. The molecular formula is C22H30N4O. The first kappa shape index (κ1) is 19.4. The van der Waals surface area contributed by atoms with Gasteiger partial charge in [0.2, 0.25) is 0 Å². The Hall–Kier alpha value is -2.40. The van der Waals surface area contributed by atoms with Gasteiger partial charge in [0.1, 0.15) is 0 Å². The summed E-state index contributed by atoms with van der Waals surface area (Å²) in [5.41, 5.74) is 4.93. The van der Waals surface area contributed by atoms with Crippen molar-refractivity contribution in [3.05, 3.63) is 53.3 Å². The van der Waals surface area contributed by atoms with Crippen LogP contribution in [0.3, 0.4) is 0 Å². The Kier molecular flexibility index (Phi) is 6.45. The number of piperazine rings is 1. The zero-order valence-electron chi connectivity index (χ0n) is 16.7. The van der Waals surface area contributed by atoms with Crippen molar-refractivity contribution in [3.63, 3.8) is 0 Å². The lowest BCUT2D eigenvalue weighted by Gasteiger charge is -2.35. The Labute approximate surface area is 162 Å². The summed E-state index contributed by atoms with van der Waals surface area (Å²) in [6.45, 7) is 11.6. The minimum atomic E-state index is -0.0906. The van der Waals surface area contributed by atoms with Gasteiger partial charge in [0, 0.05) is 38.1 Å². The normalized spacial score (nSPS) is 15.0. The van der Waals surface area contributed by atoms with Gasteiger partial charge in [-0.2, -0.15) is 0 Å². The maximum absolute atomic E-state index is 12.9. The second-order valence-corrected chi connectivity index (χ2v) is 6.97. The topological polar surface area (TPSA) is 48.5 Å². The van der Waals surface area contributed by atoms with Crippen LogP contribution < -0.4 is 10.2 Å². The highest BCUT2D eigenvalue weighted by molar-refractivity contribution is 6.05. The van der Waals surface area contributed by atoms with Crippen molar-refractivity contribution in [2.75, 3.05) is 42.9 Å². The van der Waals surface area contributed by atoms with Crippen LogP contribution in [0.5, 0.6) is 0 Å². The number of rotatable bonds is 6. The van der Waals surface area contributed by atoms with Crippen LogP contribution in [0, 0.1) is 0 Å². The molecule has 0 atom stereocenters. The minimum Gasteiger partial charge on any atom is -0.368 e. The summed E-state index contributed by atoms with van der Waals surface area (Å²) in [5.74, 6) is -0.0906. The molecule has 5 heteroatoms. The van der Waals surface area contributed by atoms with E-state index in [2.05, 4.69) is 59.1 Å². The van der Waals surface area contributed by atoms with Crippen LogP contribution in [0.4, 0.5) is 11.4 Å². The van der Waals surface area contributed by atoms with Gasteiger partial charge in [-0.05, 0) is 36.6 Å². The molecule has 0 aliphatic carbocycles. The molecule has 0 bridgehead atoms. The van der Waals surface area contributed by atoms with Gasteiger partial charge in [-0.15, -0.1) is 0 Å². The van der Waals surface area contributed by atoms with Gasteiger partial charge in [-0.1, -0.05) is 39.0 Å². The minimum absolute atomic E-state index is 0.0906. The van der Waals surface area contributed by atoms with Crippen LogP contribution in [0.25, 0.3) is 0 Å². The van der Waals surface area contributed by atoms with E-state index in [0.29, 0.717) is 5.56 Å². The van der Waals surface area contributed by atoms with Gasteiger partial charge in [-0.3, -0.25) is 9.78 Å². The van der Waals surface area contributed by atoms with Crippen molar-refractivity contribution < 1.29 is 4.79 Å². The average molecular weight is 367 g/mol. The van der Waals surface area contributed by atoms with Gasteiger partial charge in [0.15, 0.2) is 0 Å². The third-order valence-electron chi connectivity index (χ3n) is 5.41. The third-order valence-corrected chi connectivity index (χ3v) is 5.41. The number of amides is 1. The molecule has 2 heterocycles.